The van der Waals surface area contributed by atoms with Crippen LogP contribution in [0.3, 0.4) is 0 Å². The molecule has 1 heterocycles. The fraction of sp³-hybridized carbons (Fsp3) is 0.529. The Kier molecular flexibility index (Phi) is 3.38. The van der Waals surface area contributed by atoms with E-state index in [1.54, 1.807) is 4.57 Å². The molecule has 22 heavy (non-hydrogen) atoms. The Balaban J connectivity index is 2.24. The molecule has 3 N–H and O–H groups in total. The summed E-state index contributed by atoms with van der Waals surface area (Å²) in [5.74, 6) is -0.213. The number of benzene rings is 1. The van der Waals surface area contributed by atoms with E-state index in [-0.39, 0.29) is 17.0 Å². The van der Waals surface area contributed by atoms with Crippen molar-refractivity contribution in [3.63, 3.8) is 0 Å². The van der Waals surface area contributed by atoms with Crippen LogP contribution in [0, 0.1) is 11.3 Å². The third-order valence-corrected chi connectivity index (χ3v) is 4.42. The van der Waals surface area contributed by atoms with Gasteiger partial charge in [0.05, 0.1) is 17.0 Å². The van der Waals surface area contributed by atoms with Gasteiger partial charge in [0.1, 0.15) is 0 Å². The molecule has 3 rings (SSSR count). The molecule has 118 valence electrons. The summed E-state index contributed by atoms with van der Waals surface area (Å²) < 4.78 is 1.78. The lowest BCUT2D eigenvalue weighted by Crippen LogP contribution is -2.32. The van der Waals surface area contributed by atoms with Gasteiger partial charge in [-0.3, -0.25) is 9.36 Å². The highest BCUT2D eigenvalue weighted by molar-refractivity contribution is 5.89. The molecule has 0 aliphatic heterocycles. The minimum Gasteiger partial charge on any atom is -0.369 e. The molecule has 1 fully saturated rings. The molecular formula is C17H23N3O2. The van der Waals surface area contributed by atoms with Gasteiger partial charge in [-0.05, 0) is 35.8 Å². The van der Waals surface area contributed by atoms with Gasteiger partial charge in [-0.15, -0.1) is 0 Å². The van der Waals surface area contributed by atoms with Crippen molar-refractivity contribution < 1.29 is 4.79 Å². The lowest BCUT2D eigenvalue weighted by atomic mass is 9.75. The van der Waals surface area contributed by atoms with Gasteiger partial charge >= 0.3 is 5.69 Å². The van der Waals surface area contributed by atoms with Crippen LogP contribution in [0.4, 0.5) is 0 Å². The Labute approximate surface area is 129 Å². The zero-order valence-electron chi connectivity index (χ0n) is 13.3. The topological polar surface area (TPSA) is 80.9 Å². The summed E-state index contributed by atoms with van der Waals surface area (Å²) in [5.41, 5.74) is 7.72. The quantitative estimate of drug-likeness (QED) is 0.909. The summed E-state index contributed by atoms with van der Waals surface area (Å²) in [4.78, 5) is 27.3. The van der Waals surface area contributed by atoms with Crippen molar-refractivity contribution >= 4 is 16.9 Å². The van der Waals surface area contributed by atoms with E-state index >= 15 is 0 Å². The first-order valence-corrected chi connectivity index (χ1v) is 7.80. The number of carbonyl (C=O) groups is 1. The monoisotopic (exact) mass is 301 g/mol. The molecule has 0 unspecified atom stereocenters. The van der Waals surface area contributed by atoms with E-state index in [1.807, 2.05) is 39.0 Å². The van der Waals surface area contributed by atoms with Crippen LogP contribution in [-0.2, 0) is 11.3 Å². The second-order valence-electron chi connectivity index (χ2n) is 7.43. The normalized spacial score (nSPS) is 16.9. The maximum Gasteiger partial charge on any atom is 0.326 e. The van der Waals surface area contributed by atoms with Gasteiger partial charge in [-0.2, -0.15) is 0 Å². The number of hydrogen-bond acceptors (Lipinski definition) is 2. The maximum absolute atomic E-state index is 12.3. The van der Waals surface area contributed by atoms with Gasteiger partial charge in [0.2, 0.25) is 5.91 Å². The molecule has 5 heteroatoms. The molecule has 1 aliphatic carbocycles. The number of rotatable bonds is 4. The highest BCUT2D eigenvalue weighted by Crippen LogP contribution is 2.38. The third-order valence-electron chi connectivity index (χ3n) is 4.42. The van der Waals surface area contributed by atoms with E-state index in [0.29, 0.717) is 12.5 Å². The standard InChI is InChI=1S/C17H23N3O2/c1-17(2,3)13(15(18)21)11-5-4-6-12-14(11)20(16(22)19-12)9-10-7-8-10/h4-6,10,13H,7-9H2,1-3H3,(H2,18,21)(H,19,22)/t13-/m0/s1. The van der Waals surface area contributed by atoms with E-state index < -0.39 is 5.92 Å². The fourth-order valence-corrected chi connectivity index (χ4v) is 3.26. The number of fused-ring (bicyclic) bond motifs is 1. The summed E-state index contributed by atoms with van der Waals surface area (Å²) in [6.45, 7) is 6.71. The lowest BCUT2D eigenvalue weighted by molar-refractivity contribution is -0.121. The predicted molar refractivity (Wildman–Crippen MR) is 86.7 cm³/mol. The molecule has 0 saturated heterocycles. The zero-order valence-corrected chi connectivity index (χ0v) is 13.3. The number of carbonyl (C=O) groups excluding carboxylic acids is 1. The van der Waals surface area contributed by atoms with Gasteiger partial charge in [0, 0.05) is 6.54 Å². The molecule has 0 radical (unpaired) electrons. The molecule has 1 aromatic heterocycles. The lowest BCUT2D eigenvalue weighted by Gasteiger charge is -2.29. The molecule has 1 amide bonds. The van der Waals surface area contributed by atoms with Crippen molar-refractivity contribution in [3.8, 4) is 0 Å². The molecule has 1 aliphatic rings. The van der Waals surface area contributed by atoms with E-state index in [4.69, 9.17) is 5.73 Å². The zero-order chi connectivity index (χ0) is 16.1. The predicted octanol–water partition coefficient (Wildman–Crippen LogP) is 2.35. The van der Waals surface area contributed by atoms with E-state index in [0.717, 1.165) is 16.6 Å². The summed E-state index contributed by atoms with van der Waals surface area (Å²) in [7, 11) is 0. The minimum absolute atomic E-state index is 0.105. The molecule has 1 saturated carbocycles. The molecule has 1 atom stereocenters. The summed E-state index contributed by atoms with van der Waals surface area (Å²) in [6, 6.07) is 5.67. The number of nitrogens with zero attached hydrogens (tertiary/aromatic N) is 1. The van der Waals surface area contributed by atoms with Crippen molar-refractivity contribution in [1.29, 1.82) is 0 Å². The molecule has 0 spiro atoms. The number of amides is 1. The van der Waals surface area contributed by atoms with Crippen LogP contribution in [0.25, 0.3) is 11.0 Å². The van der Waals surface area contributed by atoms with Crippen molar-refractivity contribution in [2.45, 2.75) is 46.1 Å². The maximum atomic E-state index is 12.3. The average Bonchev–Trinajstić information content (AvgIpc) is 3.13. The minimum atomic E-state index is -0.433. The summed E-state index contributed by atoms with van der Waals surface area (Å²) >= 11 is 0. The second-order valence-corrected chi connectivity index (χ2v) is 7.43. The molecule has 5 nitrogen and oxygen atoms in total. The Hall–Kier alpha value is -2.04. The van der Waals surface area contributed by atoms with Crippen molar-refractivity contribution in [2.24, 2.45) is 17.1 Å². The van der Waals surface area contributed by atoms with Gasteiger partial charge in [-0.1, -0.05) is 32.9 Å². The first-order valence-electron chi connectivity index (χ1n) is 7.80. The van der Waals surface area contributed by atoms with Crippen LogP contribution >= 0.6 is 0 Å². The van der Waals surface area contributed by atoms with Crippen molar-refractivity contribution in [2.75, 3.05) is 0 Å². The van der Waals surface area contributed by atoms with Crippen molar-refractivity contribution in [1.82, 2.24) is 9.55 Å². The van der Waals surface area contributed by atoms with E-state index in [1.165, 1.54) is 12.8 Å². The smallest absolute Gasteiger partial charge is 0.326 e. The number of para-hydroxylation sites is 1. The summed E-state index contributed by atoms with van der Waals surface area (Å²) in [6.07, 6.45) is 2.33. The van der Waals surface area contributed by atoms with Crippen LogP contribution in [0.5, 0.6) is 0 Å². The second kappa shape index (κ2) is 5.00. The number of nitrogens with two attached hydrogens (primary N) is 1. The number of H-pyrrole nitrogens is 1. The van der Waals surface area contributed by atoms with E-state index in [2.05, 4.69) is 4.98 Å². The van der Waals surface area contributed by atoms with Crippen molar-refractivity contribution in [3.05, 3.63) is 34.2 Å². The van der Waals surface area contributed by atoms with Crippen LogP contribution in [0.15, 0.2) is 23.0 Å². The highest BCUT2D eigenvalue weighted by atomic mass is 16.1. The fourth-order valence-electron chi connectivity index (χ4n) is 3.26. The first kappa shape index (κ1) is 14.9. The average molecular weight is 301 g/mol. The Bertz CT molecular complexity index is 775. The number of aromatic amines is 1. The Morgan fingerprint density at radius 2 is 2.09 bits per heavy atom. The van der Waals surface area contributed by atoms with Crippen LogP contribution in [0.1, 0.15) is 45.1 Å². The molecular weight excluding hydrogens is 278 g/mol. The van der Waals surface area contributed by atoms with Crippen LogP contribution in [-0.4, -0.2) is 15.5 Å². The number of primary amides is 1. The third kappa shape index (κ3) is 2.56. The van der Waals surface area contributed by atoms with Gasteiger partial charge in [-0.25, -0.2) is 4.79 Å². The van der Waals surface area contributed by atoms with E-state index in [9.17, 15) is 9.59 Å². The van der Waals surface area contributed by atoms with Crippen LogP contribution in [0.2, 0.25) is 0 Å². The number of nitrogens with one attached hydrogen (secondary N) is 1. The molecule has 2 aromatic rings. The van der Waals surface area contributed by atoms with Gasteiger partial charge < -0.3 is 10.7 Å². The Morgan fingerprint density at radius 3 is 2.64 bits per heavy atom. The van der Waals surface area contributed by atoms with Gasteiger partial charge in [0.25, 0.3) is 0 Å². The molecule has 1 aromatic carbocycles. The molecule has 0 bridgehead atoms. The van der Waals surface area contributed by atoms with Crippen LogP contribution < -0.4 is 11.4 Å². The number of aromatic nitrogens is 2. The Morgan fingerprint density at radius 1 is 1.41 bits per heavy atom. The summed E-state index contributed by atoms with van der Waals surface area (Å²) in [5, 5.41) is 0. The number of hydrogen-bond donors (Lipinski definition) is 2. The number of imidazole rings is 1. The first-order chi connectivity index (χ1) is 10.3. The highest BCUT2D eigenvalue weighted by Gasteiger charge is 2.34. The largest absolute Gasteiger partial charge is 0.369 e. The SMILES string of the molecule is CC(C)(C)[C@H](C(N)=O)c1cccc2[nH]c(=O)n(CC3CC3)c12. The van der Waals surface area contributed by atoms with Gasteiger partial charge in [0.15, 0.2) is 0 Å².